The van der Waals surface area contributed by atoms with E-state index in [-0.39, 0.29) is 11.1 Å². The second kappa shape index (κ2) is 3.40. The van der Waals surface area contributed by atoms with Crippen LogP contribution < -0.4 is 10.5 Å². The van der Waals surface area contributed by atoms with Gasteiger partial charge in [-0.15, -0.1) is 0 Å². The van der Waals surface area contributed by atoms with Gasteiger partial charge < -0.3 is 4.90 Å². The lowest BCUT2D eigenvalue weighted by Crippen LogP contribution is -2.47. The van der Waals surface area contributed by atoms with Gasteiger partial charge in [0.05, 0.1) is 0 Å². The van der Waals surface area contributed by atoms with E-state index in [1.54, 1.807) is 6.07 Å². The van der Waals surface area contributed by atoms with Gasteiger partial charge in [0.15, 0.2) is 0 Å². The largest absolute Gasteiger partial charge is 0.353 e. The zero-order chi connectivity index (χ0) is 11.1. The molecule has 0 aromatic carbocycles. The van der Waals surface area contributed by atoms with Crippen LogP contribution in [0.5, 0.6) is 0 Å². The van der Waals surface area contributed by atoms with Gasteiger partial charge in [0.1, 0.15) is 5.82 Å². The second-order valence-electron chi connectivity index (χ2n) is 5.05. The molecule has 1 aliphatic heterocycles. The fourth-order valence-electron chi connectivity index (χ4n) is 2.15. The van der Waals surface area contributed by atoms with Crippen LogP contribution in [0.25, 0.3) is 0 Å². The Morgan fingerprint density at radius 1 is 1.20 bits per heavy atom. The Morgan fingerprint density at radius 2 is 1.93 bits per heavy atom. The predicted octanol–water partition coefficient (Wildman–Crippen LogP) is 1.86. The van der Waals surface area contributed by atoms with Crippen LogP contribution >= 0.6 is 0 Å². The molecule has 0 spiro atoms. The molecule has 0 N–H and O–H groups in total. The summed E-state index contributed by atoms with van der Waals surface area (Å²) in [6.45, 7) is 8.43. The molecule has 3 nitrogen and oxygen atoms in total. The average molecular weight is 206 g/mol. The highest BCUT2D eigenvalue weighted by Gasteiger charge is 2.26. The zero-order valence-corrected chi connectivity index (χ0v) is 9.66. The molecule has 1 aliphatic rings. The smallest absolute Gasteiger partial charge is 0.252 e. The third-order valence-electron chi connectivity index (χ3n) is 2.88. The van der Waals surface area contributed by atoms with Crippen molar-refractivity contribution in [3.8, 4) is 0 Å². The van der Waals surface area contributed by atoms with Gasteiger partial charge in [-0.1, -0.05) is 6.07 Å². The Kier molecular flexibility index (Phi) is 2.33. The van der Waals surface area contributed by atoms with Crippen molar-refractivity contribution in [1.82, 2.24) is 4.57 Å². The first-order chi connectivity index (χ1) is 7.00. The van der Waals surface area contributed by atoms with Crippen molar-refractivity contribution >= 4 is 5.82 Å². The van der Waals surface area contributed by atoms with Crippen LogP contribution in [0.1, 0.15) is 27.2 Å². The average Bonchev–Trinajstić information content (AvgIpc) is 2.16. The van der Waals surface area contributed by atoms with Crippen molar-refractivity contribution in [2.75, 3.05) is 11.4 Å². The van der Waals surface area contributed by atoms with Crippen LogP contribution in [0.3, 0.4) is 0 Å². The Hall–Kier alpha value is -1.25. The minimum Gasteiger partial charge on any atom is -0.353 e. The molecule has 3 heteroatoms. The van der Waals surface area contributed by atoms with Gasteiger partial charge >= 0.3 is 0 Å². The quantitative estimate of drug-likeness (QED) is 0.647. The molecule has 2 rings (SSSR count). The number of hydrogen-bond donors (Lipinski definition) is 0. The fourth-order valence-corrected chi connectivity index (χ4v) is 2.15. The normalized spacial score (nSPS) is 16.3. The third-order valence-corrected chi connectivity index (χ3v) is 2.88. The van der Waals surface area contributed by atoms with E-state index in [2.05, 4.69) is 25.7 Å². The van der Waals surface area contributed by atoms with Gasteiger partial charge in [-0.05, 0) is 33.3 Å². The lowest BCUT2D eigenvalue weighted by molar-refractivity contribution is 0.436. The Labute approximate surface area is 90.3 Å². The summed E-state index contributed by atoms with van der Waals surface area (Å²) in [7, 11) is 0. The number of nitrogens with zero attached hydrogens (tertiary/aromatic N) is 2. The van der Waals surface area contributed by atoms with Crippen molar-refractivity contribution in [2.24, 2.45) is 0 Å². The standard InChI is InChI=1S/C12H18N2O/c1-12(2,3)14-9-5-8-13-10(14)6-4-7-11(13)15/h4,6-7H,5,8-9H2,1-3H3. The van der Waals surface area contributed by atoms with E-state index in [0.717, 1.165) is 25.3 Å². The number of aromatic nitrogens is 1. The van der Waals surface area contributed by atoms with Crippen LogP contribution in [0, 0.1) is 0 Å². The van der Waals surface area contributed by atoms with Crippen molar-refractivity contribution in [3.05, 3.63) is 28.6 Å². The number of pyridine rings is 1. The topological polar surface area (TPSA) is 25.2 Å². The van der Waals surface area contributed by atoms with Crippen molar-refractivity contribution in [3.63, 3.8) is 0 Å². The van der Waals surface area contributed by atoms with Crippen molar-refractivity contribution in [2.45, 2.75) is 39.3 Å². The van der Waals surface area contributed by atoms with Crippen LogP contribution in [-0.4, -0.2) is 16.7 Å². The van der Waals surface area contributed by atoms with Gasteiger partial charge in [-0.3, -0.25) is 9.36 Å². The van der Waals surface area contributed by atoms with E-state index >= 15 is 0 Å². The monoisotopic (exact) mass is 206 g/mol. The lowest BCUT2D eigenvalue weighted by Gasteiger charge is -2.41. The molecule has 2 heterocycles. The third kappa shape index (κ3) is 1.78. The van der Waals surface area contributed by atoms with Crippen LogP contribution in [0.2, 0.25) is 0 Å². The van der Waals surface area contributed by atoms with Gasteiger partial charge in [0.2, 0.25) is 0 Å². The maximum absolute atomic E-state index is 11.7. The minimum atomic E-state index is 0.0793. The number of anilines is 1. The molecule has 15 heavy (non-hydrogen) atoms. The summed E-state index contributed by atoms with van der Waals surface area (Å²) in [5.74, 6) is 1.06. The molecular formula is C12H18N2O. The first kappa shape index (κ1) is 10.3. The van der Waals surface area contributed by atoms with Crippen LogP contribution in [0.4, 0.5) is 5.82 Å². The summed E-state index contributed by atoms with van der Waals surface area (Å²) < 4.78 is 1.87. The summed E-state index contributed by atoms with van der Waals surface area (Å²) in [5, 5.41) is 0. The highest BCUT2D eigenvalue weighted by atomic mass is 16.1. The molecular weight excluding hydrogens is 188 g/mol. The zero-order valence-electron chi connectivity index (χ0n) is 9.66. The van der Waals surface area contributed by atoms with Gasteiger partial charge in [0.25, 0.3) is 5.56 Å². The summed E-state index contributed by atoms with van der Waals surface area (Å²) in [6, 6.07) is 5.51. The Morgan fingerprint density at radius 3 is 2.60 bits per heavy atom. The van der Waals surface area contributed by atoms with Gasteiger partial charge in [0, 0.05) is 24.7 Å². The Balaban J connectivity index is 2.52. The number of hydrogen-bond acceptors (Lipinski definition) is 2. The van der Waals surface area contributed by atoms with Crippen molar-refractivity contribution in [1.29, 1.82) is 0 Å². The summed E-state index contributed by atoms with van der Waals surface area (Å²) in [6.07, 6.45) is 1.05. The molecule has 0 atom stereocenters. The highest BCUT2D eigenvalue weighted by molar-refractivity contribution is 5.43. The van der Waals surface area contributed by atoms with Gasteiger partial charge in [-0.2, -0.15) is 0 Å². The minimum absolute atomic E-state index is 0.0793. The number of fused-ring (bicyclic) bond motifs is 1. The summed E-state index contributed by atoms with van der Waals surface area (Å²) in [4.78, 5) is 14.0. The molecule has 1 aromatic rings. The maximum atomic E-state index is 11.7. The molecule has 0 amide bonds. The Bertz CT molecular complexity index is 414. The SMILES string of the molecule is CC(C)(C)N1CCCn2c1cccc2=O. The molecule has 82 valence electrons. The molecule has 0 bridgehead atoms. The number of rotatable bonds is 0. The van der Waals surface area contributed by atoms with E-state index < -0.39 is 0 Å². The van der Waals surface area contributed by atoms with E-state index in [1.807, 2.05) is 16.7 Å². The van der Waals surface area contributed by atoms with Crippen LogP contribution in [-0.2, 0) is 6.54 Å². The van der Waals surface area contributed by atoms with Crippen LogP contribution in [0.15, 0.2) is 23.0 Å². The molecule has 0 saturated heterocycles. The van der Waals surface area contributed by atoms with Gasteiger partial charge in [-0.25, -0.2) is 0 Å². The lowest BCUT2D eigenvalue weighted by atomic mass is 10.0. The molecule has 0 radical (unpaired) electrons. The molecule has 0 fully saturated rings. The second-order valence-corrected chi connectivity index (χ2v) is 5.05. The molecule has 0 aliphatic carbocycles. The first-order valence-electron chi connectivity index (χ1n) is 5.48. The van der Waals surface area contributed by atoms with E-state index in [1.165, 1.54) is 0 Å². The summed E-state index contributed by atoms with van der Waals surface area (Å²) in [5.41, 5.74) is 0.192. The van der Waals surface area contributed by atoms with Crippen molar-refractivity contribution < 1.29 is 0 Å². The summed E-state index contributed by atoms with van der Waals surface area (Å²) >= 11 is 0. The molecule has 0 saturated carbocycles. The van der Waals surface area contributed by atoms with E-state index in [9.17, 15) is 4.79 Å². The molecule has 0 unspecified atom stereocenters. The fraction of sp³-hybridized carbons (Fsp3) is 0.583. The highest BCUT2D eigenvalue weighted by Crippen LogP contribution is 2.26. The predicted molar refractivity (Wildman–Crippen MR) is 62.4 cm³/mol. The maximum Gasteiger partial charge on any atom is 0.252 e. The van der Waals surface area contributed by atoms with E-state index in [0.29, 0.717) is 0 Å². The van der Waals surface area contributed by atoms with E-state index in [4.69, 9.17) is 0 Å². The first-order valence-corrected chi connectivity index (χ1v) is 5.48. The molecule has 1 aromatic heterocycles.